The van der Waals surface area contributed by atoms with Crippen molar-refractivity contribution in [3.05, 3.63) is 28.5 Å². The van der Waals surface area contributed by atoms with Gasteiger partial charge in [-0.2, -0.15) is 13.2 Å². The van der Waals surface area contributed by atoms with Gasteiger partial charge in [-0.05, 0) is 13.0 Å². The first kappa shape index (κ1) is 11.3. The number of rotatable bonds is 1. The van der Waals surface area contributed by atoms with Crippen LogP contribution in [0.2, 0.25) is 5.15 Å². The highest BCUT2D eigenvalue weighted by atomic mass is 35.5. The van der Waals surface area contributed by atoms with Crippen molar-refractivity contribution in [2.24, 2.45) is 0 Å². The molecule has 0 aliphatic carbocycles. The van der Waals surface area contributed by atoms with E-state index in [4.69, 9.17) is 16.7 Å². The molecule has 6 heteroatoms. The number of hydrogen-bond donors (Lipinski definition) is 1. The first-order valence-electron chi connectivity index (χ1n) is 3.73. The maximum Gasteiger partial charge on any atom is 0.417 e. The van der Waals surface area contributed by atoms with Crippen LogP contribution >= 0.6 is 11.6 Å². The lowest BCUT2D eigenvalue weighted by Crippen LogP contribution is -2.07. The highest BCUT2D eigenvalue weighted by Crippen LogP contribution is 2.32. The third-order valence-corrected chi connectivity index (χ3v) is 1.96. The number of hydrogen-bond acceptors (Lipinski definition) is 2. The zero-order valence-electron chi connectivity index (χ0n) is 7.14. The van der Waals surface area contributed by atoms with Crippen LogP contribution in [0.3, 0.4) is 0 Å². The highest BCUT2D eigenvalue weighted by molar-refractivity contribution is 6.30. The van der Waals surface area contributed by atoms with E-state index in [2.05, 4.69) is 4.98 Å². The Morgan fingerprint density at radius 2 is 2.07 bits per heavy atom. The molecule has 0 unspecified atom stereocenters. The number of aromatic nitrogens is 1. The van der Waals surface area contributed by atoms with Crippen LogP contribution in [0.5, 0.6) is 0 Å². The van der Waals surface area contributed by atoms with Gasteiger partial charge in [-0.25, -0.2) is 4.98 Å². The van der Waals surface area contributed by atoms with Crippen LogP contribution in [0.15, 0.2) is 12.3 Å². The SMILES string of the molecule is C[C@@H](O)c1cc(C(F)(F)F)cnc1Cl. The highest BCUT2D eigenvalue weighted by Gasteiger charge is 2.31. The first-order valence-corrected chi connectivity index (χ1v) is 4.11. The lowest BCUT2D eigenvalue weighted by Gasteiger charge is -2.10. The van der Waals surface area contributed by atoms with E-state index in [1.807, 2.05) is 0 Å². The molecule has 1 rings (SSSR count). The molecule has 78 valence electrons. The van der Waals surface area contributed by atoms with Crippen LogP contribution in [0.25, 0.3) is 0 Å². The van der Waals surface area contributed by atoms with Crippen LogP contribution in [-0.2, 0) is 6.18 Å². The fraction of sp³-hybridized carbons (Fsp3) is 0.375. The third-order valence-electron chi connectivity index (χ3n) is 1.64. The van der Waals surface area contributed by atoms with Crippen LogP contribution < -0.4 is 0 Å². The molecule has 1 N–H and O–H groups in total. The molecule has 0 spiro atoms. The van der Waals surface area contributed by atoms with Crippen molar-refractivity contribution in [1.82, 2.24) is 4.98 Å². The number of aliphatic hydroxyl groups excluding tert-OH is 1. The second kappa shape index (κ2) is 3.74. The van der Waals surface area contributed by atoms with Crippen molar-refractivity contribution in [2.75, 3.05) is 0 Å². The Kier molecular flexibility index (Phi) is 3.01. The van der Waals surface area contributed by atoms with E-state index >= 15 is 0 Å². The van der Waals surface area contributed by atoms with Crippen molar-refractivity contribution >= 4 is 11.6 Å². The normalized spacial score (nSPS) is 14.1. The van der Waals surface area contributed by atoms with Gasteiger partial charge in [0, 0.05) is 11.8 Å². The Labute approximate surface area is 83.3 Å². The van der Waals surface area contributed by atoms with Gasteiger partial charge < -0.3 is 5.11 Å². The van der Waals surface area contributed by atoms with E-state index in [9.17, 15) is 13.2 Å². The van der Waals surface area contributed by atoms with E-state index in [0.29, 0.717) is 6.20 Å². The number of nitrogens with zero attached hydrogens (tertiary/aromatic N) is 1. The second-order valence-corrected chi connectivity index (χ2v) is 3.14. The summed E-state index contributed by atoms with van der Waals surface area (Å²) in [5.41, 5.74) is -0.945. The summed E-state index contributed by atoms with van der Waals surface area (Å²) in [5.74, 6) is 0. The molecule has 0 bridgehead atoms. The summed E-state index contributed by atoms with van der Waals surface area (Å²) in [4.78, 5) is 3.35. The Bertz CT molecular complexity index is 338. The van der Waals surface area contributed by atoms with Gasteiger partial charge in [-0.1, -0.05) is 11.6 Å². The van der Waals surface area contributed by atoms with Gasteiger partial charge in [0.1, 0.15) is 5.15 Å². The second-order valence-electron chi connectivity index (χ2n) is 2.78. The van der Waals surface area contributed by atoms with Crippen molar-refractivity contribution in [2.45, 2.75) is 19.2 Å². The van der Waals surface area contributed by atoms with Gasteiger partial charge in [-0.3, -0.25) is 0 Å². The maximum atomic E-state index is 12.2. The van der Waals surface area contributed by atoms with Crippen molar-refractivity contribution in [1.29, 1.82) is 0 Å². The minimum Gasteiger partial charge on any atom is -0.389 e. The average Bonchev–Trinajstić information content (AvgIpc) is 2.02. The molecule has 1 atom stereocenters. The van der Waals surface area contributed by atoms with Gasteiger partial charge >= 0.3 is 6.18 Å². The molecule has 0 aromatic carbocycles. The van der Waals surface area contributed by atoms with Crippen molar-refractivity contribution < 1.29 is 18.3 Å². The Balaban J connectivity index is 3.20. The zero-order chi connectivity index (χ0) is 10.9. The zero-order valence-corrected chi connectivity index (χ0v) is 7.89. The summed E-state index contributed by atoms with van der Waals surface area (Å²) in [6.07, 6.45) is -4.91. The van der Waals surface area contributed by atoms with Crippen LogP contribution in [0.1, 0.15) is 24.2 Å². The van der Waals surface area contributed by atoms with Gasteiger partial charge in [0.2, 0.25) is 0 Å². The quantitative estimate of drug-likeness (QED) is 0.746. The summed E-state index contributed by atoms with van der Waals surface area (Å²) in [6, 6.07) is 0.792. The number of aliphatic hydroxyl groups is 1. The lowest BCUT2D eigenvalue weighted by molar-refractivity contribution is -0.137. The van der Waals surface area contributed by atoms with E-state index in [1.54, 1.807) is 0 Å². The van der Waals surface area contributed by atoms with E-state index in [-0.39, 0.29) is 10.7 Å². The van der Waals surface area contributed by atoms with Gasteiger partial charge in [-0.15, -0.1) is 0 Å². The molecule has 2 nitrogen and oxygen atoms in total. The maximum absolute atomic E-state index is 12.2. The summed E-state index contributed by atoms with van der Waals surface area (Å²) in [5, 5.41) is 8.99. The molecular weight excluding hydrogens is 219 g/mol. The predicted molar refractivity (Wildman–Crippen MR) is 44.9 cm³/mol. The number of halogens is 4. The topological polar surface area (TPSA) is 33.1 Å². The van der Waals surface area contributed by atoms with E-state index in [1.165, 1.54) is 6.92 Å². The molecule has 0 fully saturated rings. The summed E-state index contributed by atoms with van der Waals surface area (Å²) < 4.78 is 36.6. The molecule has 0 radical (unpaired) electrons. The Hall–Kier alpha value is -0.810. The standard InChI is InChI=1S/C8H7ClF3NO/c1-4(14)6-2-5(8(10,11)12)3-13-7(6)9/h2-4,14H,1H3/t4-/m1/s1. The monoisotopic (exact) mass is 225 g/mol. The first-order chi connectivity index (χ1) is 6.32. The fourth-order valence-corrected chi connectivity index (χ4v) is 1.17. The van der Waals surface area contributed by atoms with Crippen molar-refractivity contribution in [3.63, 3.8) is 0 Å². The summed E-state index contributed by atoms with van der Waals surface area (Å²) in [7, 11) is 0. The molecule has 14 heavy (non-hydrogen) atoms. The average molecular weight is 226 g/mol. The number of alkyl halides is 3. The number of pyridine rings is 1. The summed E-state index contributed by atoms with van der Waals surface area (Å²) >= 11 is 5.50. The molecule has 0 aliphatic rings. The molecular formula is C8H7ClF3NO. The Morgan fingerprint density at radius 3 is 2.50 bits per heavy atom. The molecule has 1 aromatic rings. The third kappa shape index (κ3) is 2.36. The molecule has 0 aliphatic heterocycles. The van der Waals surface area contributed by atoms with E-state index in [0.717, 1.165) is 6.07 Å². The lowest BCUT2D eigenvalue weighted by atomic mass is 10.1. The molecule has 1 aromatic heterocycles. The Morgan fingerprint density at radius 1 is 1.50 bits per heavy atom. The van der Waals surface area contributed by atoms with Gasteiger partial charge in [0.25, 0.3) is 0 Å². The molecule has 0 saturated heterocycles. The fourth-order valence-electron chi connectivity index (χ4n) is 0.913. The molecule has 1 heterocycles. The van der Waals surface area contributed by atoms with Crippen LogP contribution in [-0.4, -0.2) is 10.1 Å². The van der Waals surface area contributed by atoms with Gasteiger partial charge in [0.05, 0.1) is 11.7 Å². The smallest absolute Gasteiger partial charge is 0.389 e. The van der Waals surface area contributed by atoms with E-state index < -0.39 is 17.8 Å². The van der Waals surface area contributed by atoms with Crippen molar-refractivity contribution in [3.8, 4) is 0 Å². The molecule has 0 amide bonds. The minimum atomic E-state index is -4.47. The predicted octanol–water partition coefficient (Wildman–Crippen LogP) is 2.81. The summed E-state index contributed by atoms with van der Waals surface area (Å²) in [6.45, 7) is 1.32. The van der Waals surface area contributed by atoms with Crippen LogP contribution in [0, 0.1) is 0 Å². The minimum absolute atomic E-state index is 0.0264. The van der Waals surface area contributed by atoms with Gasteiger partial charge in [0.15, 0.2) is 0 Å². The largest absolute Gasteiger partial charge is 0.417 e. The van der Waals surface area contributed by atoms with Crippen LogP contribution in [0.4, 0.5) is 13.2 Å². The molecule has 0 saturated carbocycles.